The van der Waals surface area contributed by atoms with Gasteiger partial charge in [0.05, 0.1) is 0 Å². The second kappa shape index (κ2) is 8.75. The molecule has 1 aromatic carbocycles. The van der Waals surface area contributed by atoms with Crippen LogP contribution in [0.3, 0.4) is 0 Å². The molecule has 1 amide bonds. The van der Waals surface area contributed by atoms with Crippen molar-refractivity contribution in [3.8, 4) is 0 Å². The van der Waals surface area contributed by atoms with Gasteiger partial charge in [0.25, 0.3) is 0 Å². The Balaban J connectivity index is 1.98. The number of piperidine rings is 1. The molecule has 8 nitrogen and oxygen atoms in total. The van der Waals surface area contributed by atoms with Gasteiger partial charge in [-0.25, -0.2) is 9.59 Å². The van der Waals surface area contributed by atoms with Crippen molar-refractivity contribution in [1.82, 2.24) is 10.2 Å². The number of benzene rings is 1. The fourth-order valence-electron chi connectivity index (χ4n) is 2.91. The van der Waals surface area contributed by atoms with Gasteiger partial charge in [-0.2, -0.15) is 0 Å². The largest absolute Gasteiger partial charge is 0.459 e. The van der Waals surface area contributed by atoms with E-state index in [-0.39, 0.29) is 18.6 Å². The van der Waals surface area contributed by atoms with Crippen molar-refractivity contribution in [2.45, 2.75) is 57.9 Å². The number of esters is 1. The van der Waals surface area contributed by atoms with Gasteiger partial charge in [0, 0.05) is 12.6 Å². The maximum absolute atomic E-state index is 12.6. The highest BCUT2D eigenvalue weighted by Gasteiger charge is 2.36. The molecule has 4 N–H and O–H groups in total. The fourth-order valence-corrected chi connectivity index (χ4v) is 2.91. The first-order chi connectivity index (χ1) is 12.7. The Morgan fingerprint density at radius 2 is 1.96 bits per heavy atom. The number of carbonyl (C=O) groups excluding carboxylic acids is 2. The molecule has 1 heterocycles. The van der Waals surface area contributed by atoms with Gasteiger partial charge in [0.15, 0.2) is 5.96 Å². The van der Waals surface area contributed by atoms with Crippen molar-refractivity contribution in [2.75, 3.05) is 6.54 Å². The van der Waals surface area contributed by atoms with Crippen LogP contribution in [0.25, 0.3) is 0 Å². The van der Waals surface area contributed by atoms with E-state index in [1.54, 1.807) is 20.8 Å². The van der Waals surface area contributed by atoms with E-state index in [0.29, 0.717) is 19.4 Å². The zero-order valence-corrected chi connectivity index (χ0v) is 16.0. The average Bonchev–Trinajstić information content (AvgIpc) is 2.58. The van der Waals surface area contributed by atoms with Crippen molar-refractivity contribution >= 4 is 18.0 Å². The van der Waals surface area contributed by atoms with Gasteiger partial charge in [-0.1, -0.05) is 30.3 Å². The lowest BCUT2D eigenvalue weighted by Gasteiger charge is -2.38. The number of nitrogens with zero attached hydrogens (tertiary/aromatic N) is 1. The van der Waals surface area contributed by atoms with Gasteiger partial charge in [0.1, 0.15) is 18.2 Å². The molecule has 0 spiro atoms. The Bertz CT molecular complexity index is 672. The summed E-state index contributed by atoms with van der Waals surface area (Å²) < 4.78 is 10.7. The fraction of sp³-hybridized carbons (Fsp3) is 0.526. The normalized spacial score (nSPS) is 19.9. The second-order valence-corrected chi connectivity index (χ2v) is 7.56. The molecule has 0 aliphatic carbocycles. The highest BCUT2D eigenvalue weighted by molar-refractivity contribution is 5.84. The average molecular weight is 376 g/mol. The van der Waals surface area contributed by atoms with E-state index < -0.39 is 23.7 Å². The minimum atomic E-state index is -0.722. The van der Waals surface area contributed by atoms with E-state index in [4.69, 9.17) is 20.6 Å². The molecule has 1 aromatic rings. The standard InChI is InChI=1S/C19H28N4O4/c1-19(2,3)27-18(25)22-14-9-10-23(17(20)21)15(11-14)16(24)26-12-13-7-5-4-6-8-13/h4-8,14-15H,9-12H2,1-3H3,(H3,20,21)(H,22,25). The predicted molar refractivity (Wildman–Crippen MR) is 101 cm³/mol. The highest BCUT2D eigenvalue weighted by Crippen LogP contribution is 2.20. The smallest absolute Gasteiger partial charge is 0.407 e. The van der Waals surface area contributed by atoms with Crippen LogP contribution in [0, 0.1) is 5.41 Å². The molecule has 0 saturated carbocycles. The summed E-state index contributed by atoms with van der Waals surface area (Å²) in [6.07, 6.45) is 0.327. The third-order valence-corrected chi connectivity index (χ3v) is 4.13. The van der Waals surface area contributed by atoms with Gasteiger partial charge in [-0.15, -0.1) is 0 Å². The summed E-state index contributed by atoms with van der Waals surface area (Å²) in [6.45, 7) is 5.88. The lowest BCUT2D eigenvalue weighted by atomic mass is 9.97. The van der Waals surface area contributed by atoms with Gasteiger partial charge >= 0.3 is 12.1 Å². The van der Waals surface area contributed by atoms with Gasteiger partial charge in [0.2, 0.25) is 0 Å². The van der Waals surface area contributed by atoms with Crippen molar-refractivity contribution in [1.29, 1.82) is 5.41 Å². The van der Waals surface area contributed by atoms with Crippen LogP contribution < -0.4 is 11.1 Å². The third kappa shape index (κ3) is 6.47. The SMILES string of the molecule is CC(C)(C)OC(=O)NC1CCN(C(=N)N)C(C(=O)OCc2ccccc2)C1. The summed E-state index contributed by atoms with van der Waals surface area (Å²) in [5, 5.41) is 10.5. The summed E-state index contributed by atoms with van der Waals surface area (Å²) in [5.41, 5.74) is 5.90. The van der Waals surface area contributed by atoms with Gasteiger partial charge in [-0.3, -0.25) is 5.41 Å². The van der Waals surface area contributed by atoms with Gasteiger partial charge in [-0.05, 0) is 39.2 Å². The minimum Gasteiger partial charge on any atom is -0.459 e. The third-order valence-electron chi connectivity index (χ3n) is 4.13. The maximum Gasteiger partial charge on any atom is 0.407 e. The Labute approximate surface area is 159 Å². The Hall–Kier alpha value is -2.77. The summed E-state index contributed by atoms with van der Waals surface area (Å²) in [6, 6.07) is 8.37. The number of nitrogens with one attached hydrogen (secondary N) is 2. The number of guanidine groups is 1. The van der Waals surface area contributed by atoms with Crippen molar-refractivity contribution < 1.29 is 19.1 Å². The first-order valence-corrected chi connectivity index (χ1v) is 8.96. The van der Waals surface area contributed by atoms with Crippen molar-refractivity contribution in [2.24, 2.45) is 5.73 Å². The van der Waals surface area contributed by atoms with E-state index in [1.165, 1.54) is 4.90 Å². The number of hydrogen-bond donors (Lipinski definition) is 3. The molecule has 2 rings (SSSR count). The summed E-state index contributed by atoms with van der Waals surface area (Å²) in [5.74, 6) is -0.655. The molecular weight excluding hydrogens is 348 g/mol. The topological polar surface area (TPSA) is 118 Å². The predicted octanol–water partition coefficient (Wildman–Crippen LogP) is 1.98. The minimum absolute atomic E-state index is 0.145. The molecule has 2 unspecified atom stereocenters. The molecule has 1 saturated heterocycles. The number of alkyl carbamates (subject to hydrolysis) is 1. The number of ether oxygens (including phenoxy) is 2. The molecule has 1 fully saturated rings. The lowest BCUT2D eigenvalue weighted by molar-refractivity contribution is -0.151. The second-order valence-electron chi connectivity index (χ2n) is 7.56. The van der Waals surface area contributed by atoms with E-state index >= 15 is 0 Å². The number of rotatable bonds is 4. The molecule has 27 heavy (non-hydrogen) atoms. The number of hydrogen-bond acceptors (Lipinski definition) is 5. The molecular formula is C19H28N4O4. The van der Waals surface area contributed by atoms with Crippen LogP contribution in [0.4, 0.5) is 4.79 Å². The zero-order chi connectivity index (χ0) is 20.0. The number of amides is 1. The molecule has 0 radical (unpaired) electrons. The summed E-state index contributed by atoms with van der Waals surface area (Å²) in [7, 11) is 0. The van der Waals surface area contributed by atoms with Crippen LogP contribution >= 0.6 is 0 Å². The molecule has 148 valence electrons. The lowest BCUT2D eigenvalue weighted by Crippen LogP contribution is -2.57. The Kier molecular flexibility index (Phi) is 6.65. The molecule has 0 aromatic heterocycles. The van der Waals surface area contributed by atoms with Crippen LogP contribution in [0.2, 0.25) is 0 Å². The van der Waals surface area contributed by atoms with Crippen LogP contribution in [-0.2, 0) is 20.9 Å². The first-order valence-electron chi connectivity index (χ1n) is 8.96. The van der Waals surface area contributed by atoms with Gasteiger partial charge < -0.3 is 25.4 Å². The molecule has 1 aliphatic heterocycles. The molecule has 1 aliphatic rings. The van der Waals surface area contributed by atoms with E-state index in [1.807, 2.05) is 30.3 Å². The molecule has 0 bridgehead atoms. The summed E-state index contributed by atoms with van der Waals surface area (Å²) >= 11 is 0. The molecule has 8 heteroatoms. The summed E-state index contributed by atoms with van der Waals surface area (Å²) in [4.78, 5) is 26.1. The highest BCUT2D eigenvalue weighted by atomic mass is 16.6. The van der Waals surface area contributed by atoms with Crippen molar-refractivity contribution in [3.05, 3.63) is 35.9 Å². The van der Waals surface area contributed by atoms with Crippen molar-refractivity contribution in [3.63, 3.8) is 0 Å². The maximum atomic E-state index is 12.6. The number of nitrogens with two attached hydrogens (primary N) is 1. The van der Waals surface area contributed by atoms with Crippen LogP contribution in [0.15, 0.2) is 30.3 Å². The Morgan fingerprint density at radius 1 is 1.30 bits per heavy atom. The number of carbonyl (C=O) groups is 2. The van der Waals surface area contributed by atoms with Crippen LogP contribution in [-0.4, -0.2) is 47.2 Å². The monoisotopic (exact) mass is 376 g/mol. The molecule has 2 atom stereocenters. The number of likely N-dealkylation sites (tertiary alicyclic amines) is 1. The van der Waals surface area contributed by atoms with Crippen LogP contribution in [0.5, 0.6) is 0 Å². The van der Waals surface area contributed by atoms with Crippen LogP contribution in [0.1, 0.15) is 39.2 Å². The Morgan fingerprint density at radius 3 is 2.56 bits per heavy atom. The zero-order valence-electron chi connectivity index (χ0n) is 16.0. The quantitative estimate of drug-likeness (QED) is 0.420. The van der Waals surface area contributed by atoms with E-state index in [9.17, 15) is 9.59 Å². The van der Waals surface area contributed by atoms with E-state index in [2.05, 4.69) is 5.32 Å². The first kappa shape index (κ1) is 20.5. The van der Waals surface area contributed by atoms with E-state index in [0.717, 1.165) is 5.56 Å².